The molecule has 1 aliphatic heterocycles. The van der Waals surface area contributed by atoms with Gasteiger partial charge in [0.1, 0.15) is 12.1 Å². The van der Waals surface area contributed by atoms with Crippen LogP contribution in [0.2, 0.25) is 0 Å². The van der Waals surface area contributed by atoms with Crippen molar-refractivity contribution in [3.05, 3.63) is 71.4 Å². The largest absolute Gasteiger partial charge is 0.480 e. The van der Waals surface area contributed by atoms with Gasteiger partial charge in [0.2, 0.25) is 17.7 Å². The van der Waals surface area contributed by atoms with E-state index in [0.717, 1.165) is 27.6 Å². The molecule has 0 saturated heterocycles. The van der Waals surface area contributed by atoms with Gasteiger partial charge in [-0.15, -0.1) is 0 Å². The highest BCUT2D eigenvalue weighted by Gasteiger charge is 2.38. The lowest BCUT2D eigenvalue weighted by molar-refractivity contribution is -0.146. The van der Waals surface area contributed by atoms with E-state index in [1.54, 1.807) is 0 Å². The molecule has 10 heteroatoms. The number of nitrogens with two attached hydrogens (primary N) is 2. The summed E-state index contributed by atoms with van der Waals surface area (Å²) in [6, 6.07) is 12.0. The Labute approximate surface area is 207 Å². The topological polar surface area (TPSA) is 172 Å². The normalized spacial score (nSPS) is 16.7. The van der Waals surface area contributed by atoms with E-state index in [1.165, 1.54) is 4.90 Å². The molecule has 0 unspecified atom stereocenters. The first-order valence-corrected chi connectivity index (χ1v) is 11.7. The first-order valence-electron chi connectivity index (χ1n) is 11.7. The van der Waals surface area contributed by atoms with E-state index in [9.17, 15) is 24.3 Å². The number of fused-ring (bicyclic) bond motifs is 2. The molecule has 1 aromatic heterocycles. The van der Waals surface area contributed by atoms with Gasteiger partial charge in [-0.05, 0) is 35.6 Å². The first kappa shape index (κ1) is 24.9. The maximum atomic E-state index is 13.6. The highest BCUT2D eigenvalue weighted by molar-refractivity contribution is 5.93. The molecule has 2 aromatic carbocycles. The number of primary amides is 1. The number of carbonyl (C=O) groups excluding carboxylic acids is 3. The van der Waals surface area contributed by atoms with Gasteiger partial charge in [0.25, 0.3) is 0 Å². The summed E-state index contributed by atoms with van der Waals surface area (Å²) in [5.41, 5.74) is 15.1. The fourth-order valence-electron chi connectivity index (χ4n) is 4.64. The smallest absolute Gasteiger partial charge is 0.326 e. The molecule has 3 amide bonds. The zero-order chi connectivity index (χ0) is 25.8. The van der Waals surface area contributed by atoms with Gasteiger partial charge in [0.05, 0.1) is 6.04 Å². The minimum Gasteiger partial charge on any atom is -0.480 e. The fourth-order valence-corrected chi connectivity index (χ4v) is 4.64. The molecule has 7 N–H and O–H groups in total. The molecule has 4 rings (SSSR count). The van der Waals surface area contributed by atoms with E-state index >= 15 is 0 Å². The molecule has 36 heavy (non-hydrogen) atoms. The van der Waals surface area contributed by atoms with Crippen LogP contribution in [0.5, 0.6) is 0 Å². The van der Waals surface area contributed by atoms with E-state index in [0.29, 0.717) is 0 Å². The van der Waals surface area contributed by atoms with Crippen molar-refractivity contribution in [1.29, 1.82) is 0 Å². The lowest BCUT2D eigenvalue weighted by atomic mass is 9.92. The Morgan fingerprint density at radius 3 is 2.50 bits per heavy atom. The summed E-state index contributed by atoms with van der Waals surface area (Å²) in [6.07, 6.45) is 1.97. The fraction of sp³-hybridized carbons (Fsp3) is 0.308. The number of carboxylic acid groups (broad SMARTS) is 1. The summed E-state index contributed by atoms with van der Waals surface area (Å²) in [7, 11) is 0. The molecule has 1 aliphatic rings. The number of benzene rings is 2. The monoisotopic (exact) mass is 491 g/mol. The molecule has 0 bridgehead atoms. The average Bonchev–Trinajstić information content (AvgIpc) is 3.27. The average molecular weight is 492 g/mol. The van der Waals surface area contributed by atoms with Crippen LogP contribution in [0, 0.1) is 0 Å². The van der Waals surface area contributed by atoms with E-state index in [2.05, 4.69) is 10.3 Å². The van der Waals surface area contributed by atoms with Crippen molar-refractivity contribution in [1.82, 2.24) is 15.2 Å². The number of nitrogens with zero attached hydrogens (tertiary/aromatic N) is 1. The molecule has 0 fully saturated rings. The van der Waals surface area contributed by atoms with Crippen LogP contribution >= 0.6 is 0 Å². The number of para-hydroxylation sites is 1. The predicted molar refractivity (Wildman–Crippen MR) is 132 cm³/mol. The van der Waals surface area contributed by atoms with Crippen molar-refractivity contribution in [2.45, 2.75) is 50.4 Å². The summed E-state index contributed by atoms with van der Waals surface area (Å²) < 4.78 is 0. The Balaban J connectivity index is 1.56. The number of aromatic nitrogens is 1. The molecule has 2 heterocycles. The second kappa shape index (κ2) is 10.6. The van der Waals surface area contributed by atoms with Crippen LogP contribution in [0.25, 0.3) is 10.9 Å². The van der Waals surface area contributed by atoms with Crippen molar-refractivity contribution in [3.8, 4) is 0 Å². The van der Waals surface area contributed by atoms with Crippen molar-refractivity contribution in [2.75, 3.05) is 0 Å². The Morgan fingerprint density at radius 2 is 1.78 bits per heavy atom. The lowest BCUT2D eigenvalue weighted by Gasteiger charge is -2.37. The zero-order valence-corrected chi connectivity index (χ0v) is 19.6. The van der Waals surface area contributed by atoms with Gasteiger partial charge in [-0.2, -0.15) is 0 Å². The number of aliphatic carboxylic acids is 1. The maximum absolute atomic E-state index is 13.6. The number of nitrogens with one attached hydrogen (secondary N) is 2. The number of hydrogen-bond donors (Lipinski definition) is 5. The molecular weight excluding hydrogens is 462 g/mol. The van der Waals surface area contributed by atoms with Crippen molar-refractivity contribution in [2.24, 2.45) is 11.5 Å². The second-order valence-electron chi connectivity index (χ2n) is 9.03. The van der Waals surface area contributed by atoms with E-state index in [1.807, 2.05) is 54.7 Å². The van der Waals surface area contributed by atoms with Gasteiger partial charge < -0.3 is 31.8 Å². The minimum atomic E-state index is -1.31. The first-order chi connectivity index (χ1) is 17.2. The van der Waals surface area contributed by atoms with E-state index in [-0.39, 0.29) is 32.2 Å². The Morgan fingerprint density at radius 1 is 1.08 bits per heavy atom. The van der Waals surface area contributed by atoms with E-state index in [4.69, 9.17) is 11.5 Å². The maximum Gasteiger partial charge on any atom is 0.326 e. The van der Waals surface area contributed by atoms with Crippen molar-refractivity contribution in [3.63, 3.8) is 0 Å². The Bertz CT molecular complexity index is 1300. The molecule has 0 saturated carbocycles. The van der Waals surface area contributed by atoms with Crippen LogP contribution in [0.3, 0.4) is 0 Å². The van der Waals surface area contributed by atoms with Gasteiger partial charge in [-0.25, -0.2) is 4.79 Å². The molecule has 10 nitrogen and oxygen atoms in total. The van der Waals surface area contributed by atoms with Gasteiger partial charge in [0.15, 0.2) is 0 Å². The van der Waals surface area contributed by atoms with Gasteiger partial charge in [-0.1, -0.05) is 42.5 Å². The molecule has 3 aromatic rings. The van der Waals surface area contributed by atoms with Crippen LogP contribution in [-0.4, -0.2) is 56.8 Å². The summed E-state index contributed by atoms with van der Waals surface area (Å²) in [6.45, 7) is 0.174. The third-order valence-corrected chi connectivity index (χ3v) is 6.56. The number of carboxylic acids is 1. The molecule has 0 aliphatic carbocycles. The Hall–Kier alpha value is -4.18. The van der Waals surface area contributed by atoms with Crippen LogP contribution in [0.15, 0.2) is 54.7 Å². The van der Waals surface area contributed by atoms with Crippen LogP contribution in [0.4, 0.5) is 0 Å². The SMILES string of the molecule is NC(=O)CC[C@H](NC(=O)[C@@H]1Cc2ccccc2CN1C(=O)[C@@H](N)Cc1c[nH]c2ccccc12)C(=O)O. The Kier molecular flexibility index (Phi) is 7.35. The highest BCUT2D eigenvalue weighted by atomic mass is 16.4. The number of amides is 3. The third-order valence-electron chi connectivity index (χ3n) is 6.56. The number of aromatic amines is 1. The molecule has 0 radical (unpaired) electrons. The quantitative estimate of drug-likeness (QED) is 0.297. The van der Waals surface area contributed by atoms with Crippen molar-refractivity contribution < 1.29 is 24.3 Å². The number of hydrogen-bond acceptors (Lipinski definition) is 5. The second-order valence-corrected chi connectivity index (χ2v) is 9.03. The van der Waals surface area contributed by atoms with Gasteiger partial charge in [0, 0.05) is 36.5 Å². The van der Waals surface area contributed by atoms with Crippen LogP contribution in [-0.2, 0) is 38.6 Å². The molecule has 188 valence electrons. The van der Waals surface area contributed by atoms with Gasteiger partial charge >= 0.3 is 5.97 Å². The lowest BCUT2D eigenvalue weighted by Crippen LogP contribution is -2.58. The summed E-state index contributed by atoms with van der Waals surface area (Å²) in [4.78, 5) is 54.2. The number of carbonyl (C=O) groups is 4. The number of H-pyrrole nitrogens is 1. The van der Waals surface area contributed by atoms with Crippen LogP contribution in [0.1, 0.15) is 29.5 Å². The summed E-state index contributed by atoms with van der Waals surface area (Å²) in [5, 5.41) is 13.0. The number of rotatable bonds is 9. The van der Waals surface area contributed by atoms with E-state index < -0.39 is 41.8 Å². The third kappa shape index (κ3) is 5.38. The molecule has 3 atom stereocenters. The summed E-state index contributed by atoms with van der Waals surface area (Å²) in [5.74, 6) is -2.97. The molecular formula is C26H29N5O5. The standard InChI is InChI=1S/C26H29N5O5/c27-19(11-17-13-29-20-8-4-3-7-18(17)20)25(34)31-14-16-6-2-1-5-15(16)12-22(31)24(33)30-21(26(35)36)9-10-23(28)32/h1-8,13,19,21-22,29H,9-12,14,27H2,(H2,28,32)(H,30,33)(H,35,36)/t19-,21-,22-/m0/s1. The molecule has 0 spiro atoms. The predicted octanol–water partition coefficient (Wildman–Crippen LogP) is 0.826. The van der Waals surface area contributed by atoms with Gasteiger partial charge in [-0.3, -0.25) is 14.4 Å². The van der Waals surface area contributed by atoms with Crippen LogP contribution < -0.4 is 16.8 Å². The van der Waals surface area contributed by atoms with Crippen molar-refractivity contribution >= 4 is 34.6 Å². The zero-order valence-electron chi connectivity index (χ0n) is 19.6. The summed E-state index contributed by atoms with van der Waals surface area (Å²) >= 11 is 0. The highest BCUT2D eigenvalue weighted by Crippen LogP contribution is 2.26. The minimum absolute atomic E-state index is 0.145.